The number of hydrogen-bond donors (Lipinski definition) is 2. The predicted octanol–water partition coefficient (Wildman–Crippen LogP) is 3.12. The number of aliphatic carboxylic acids is 2. The Morgan fingerprint density at radius 2 is 1.31 bits per heavy atom. The van der Waals surface area contributed by atoms with Crippen molar-refractivity contribution in [1.29, 1.82) is 0 Å². The minimum Gasteiger partial charge on any atom is -0.478 e. The van der Waals surface area contributed by atoms with E-state index in [0.29, 0.717) is 18.8 Å². The van der Waals surface area contributed by atoms with Crippen molar-refractivity contribution in [3.05, 3.63) is 102 Å². The number of benzene rings is 2. The van der Waals surface area contributed by atoms with Crippen molar-refractivity contribution in [3.8, 4) is 0 Å². The summed E-state index contributed by atoms with van der Waals surface area (Å²) in [4.78, 5) is 32.5. The normalized spacial score (nSPS) is 13.9. The third-order valence-corrected chi connectivity index (χ3v) is 5.47. The van der Waals surface area contributed by atoms with Gasteiger partial charge in [-0.15, -0.1) is 0 Å². The molecule has 4 rings (SSSR count). The molecule has 0 aliphatic carbocycles. The van der Waals surface area contributed by atoms with Crippen LogP contribution in [0.1, 0.15) is 17.2 Å². The molecule has 2 aromatic carbocycles. The molecule has 0 saturated carbocycles. The van der Waals surface area contributed by atoms with Crippen LogP contribution in [0.4, 0.5) is 5.95 Å². The topological polar surface area (TPSA) is 116 Å². The second-order valence-corrected chi connectivity index (χ2v) is 7.96. The van der Waals surface area contributed by atoms with Gasteiger partial charge in [0.25, 0.3) is 0 Å². The van der Waals surface area contributed by atoms with Gasteiger partial charge in [-0.25, -0.2) is 19.6 Å². The number of aromatic nitrogens is 2. The summed E-state index contributed by atoms with van der Waals surface area (Å²) >= 11 is 0. The highest BCUT2D eigenvalue weighted by atomic mass is 16.5. The molecular weight excluding hydrogens is 460 g/mol. The molecule has 9 nitrogen and oxygen atoms in total. The number of ether oxygens (including phenoxy) is 1. The maximum atomic E-state index is 9.55. The van der Waals surface area contributed by atoms with Crippen LogP contribution >= 0.6 is 0 Å². The van der Waals surface area contributed by atoms with Gasteiger partial charge in [0.2, 0.25) is 5.95 Å². The Bertz CT molecular complexity index is 1030. The van der Waals surface area contributed by atoms with Gasteiger partial charge >= 0.3 is 11.9 Å². The van der Waals surface area contributed by atoms with E-state index in [1.165, 1.54) is 11.1 Å². The lowest BCUT2D eigenvalue weighted by Crippen LogP contribution is -2.47. The average Bonchev–Trinajstić information content (AvgIpc) is 2.92. The molecule has 1 aliphatic rings. The van der Waals surface area contributed by atoms with E-state index in [0.717, 1.165) is 38.7 Å². The number of anilines is 1. The molecular formula is C27H30N4O5. The van der Waals surface area contributed by atoms with E-state index in [1.54, 1.807) is 12.4 Å². The summed E-state index contributed by atoms with van der Waals surface area (Å²) < 4.78 is 6.35. The molecule has 0 spiro atoms. The van der Waals surface area contributed by atoms with E-state index in [2.05, 4.69) is 68.3 Å². The van der Waals surface area contributed by atoms with Gasteiger partial charge in [0.15, 0.2) is 0 Å². The molecule has 1 aliphatic heterocycles. The maximum Gasteiger partial charge on any atom is 0.328 e. The molecule has 2 N–H and O–H groups in total. The van der Waals surface area contributed by atoms with Gasteiger partial charge in [-0.05, 0) is 17.2 Å². The molecule has 0 unspecified atom stereocenters. The second-order valence-electron chi connectivity index (χ2n) is 7.96. The fourth-order valence-electron chi connectivity index (χ4n) is 3.71. The fourth-order valence-corrected chi connectivity index (χ4v) is 3.71. The Balaban J connectivity index is 0.000000392. The minimum absolute atomic E-state index is 0.0265. The Morgan fingerprint density at radius 1 is 0.806 bits per heavy atom. The number of hydrogen-bond acceptors (Lipinski definition) is 7. The summed E-state index contributed by atoms with van der Waals surface area (Å²) in [6.45, 7) is 5.54. The van der Waals surface area contributed by atoms with Crippen LogP contribution in [0.25, 0.3) is 0 Å². The van der Waals surface area contributed by atoms with Crippen molar-refractivity contribution in [3.63, 3.8) is 0 Å². The Kier molecular flexibility index (Phi) is 10.6. The van der Waals surface area contributed by atoms with Crippen molar-refractivity contribution in [2.45, 2.75) is 6.10 Å². The van der Waals surface area contributed by atoms with Gasteiger partial charge in [-0.1, -0.05) is 60.7 Å². The van der Waals surface area contributed by atoms with Gasteiger partial charge < -0.3 is 19.8 Å². The van der Waals surface area contributed by atoms with Crippen molar-refractivity contribution < 1.29 is 24.5 Å². The van der Waals surface area contributed by atoms with Gasteiger partial charge in [0, 0.05) is 57.3 Å². The van der Waals surface area contributed by atoms with E-state index in [1.807, 2.05) is 18.2 Å². The smallest absolute Gasteiger partial charge is 0.328 e. The summed E-state index contributed by atoms with van der Waals surface area (Å²) in [5, 5.41) is 15.6. The monoisotopic (exact) mass is 490 g/mol. The van der Waals surface area contributed by atoms with Gasteiger partial charge in [0.05, 0.1) is 6.61 Å². The third kappa shape index (κ3) is 8.94. The highest BCUT2D eigenvalue weighted by Crippen LogP contribution is 2.25. The van der Waals surface area contributed by atoms with Crippen LogP contribution in [-0.4, -0.2) is 76.4 Å². The van der Waals surface area contributed by atoms with Crippen LogP contribution in [0.15, 0.2) is 91.3 Å². The molecule has 0 radical (unpaired) electrons. The van der Waals surface area contributed by atoms with E-state index >= 15 is 0 Å². The zero-order valence-electron chi connectivity index (χ0n) is 19.9. The lowest BCUT2D eigenvalue weighted by molar-refractivity contribution is -0.134. The quantitative estimate of drug-likeness (QED) is 0.436. The number of carboxylic acid groups (broad SMARTS) is 2. The zero-order chi connectivity index (χ0) is 25.6. The number of carbonyl (C=O) groups is 2. The molecule has 0 amide bonds. The first-order valence-corrected chi connectivity index (χ1v) is 11.6. The van der Waals surface area contributed by atoms with Crippen molar-refractivity contribution in [2.24, 2.45) is 0 Å². The predicted molar refractivity (Wildman–Crippen MR) is 136 cm³/mol. The van der Waals surface area contributed by atoms with Gasteiger partial charge in [-0.3, -0.25) is 4.90 Å². The second kappa shape index (κ2) is 14.3. The van der Waals surface area contributed by atoms with Crippen molar-refractivity contribution in [1.82, 2.24) is 14.9 Å². The number of nitrogens with zero attached hydrogens (tertiary/aromatic N) is 4. The van der Waals surface area contributed by atoms with E-state index in [-0.39, 0.29) is 6.10 Å². The minimum atomic E-state index is -1.26. The first kappa shape index (κ1) is 26.5. The summed E-state index contributed by atoms with van der Waals surface area (Å²) in [7, 11) is 0. The lowest BCUT2D eigenvalue weighted by Gasteiger charge is -2.34. The molecule has 2 heterocycles. The Morgan fingerprint density at radius 3 is 1.78 bits per heavy atom. The van der Waals surface area contributed by atoms with Gasteiger partial charge in [0.1, 0.15) is 6.10 Å². The number of rotatable bonds is 9. The fraction of sp³-hybridized carbons (Fsp3) is 0.259. The highest BCUT2D eigenvalue weighted by molar-refractivity contribution is 5.89. The summed E-state index contributed by atoms with van der Waals surface area (Å²) in [5.41, 5.74) is 2.39. The van der Waals surface area contributed by atoms with Crippen LogP contribution in [0.2, 0.25) is 0 Å². The van der Waals surface area contributed by atoms with Crippen molar-refractivity contribution in [2.75, 3.05) is 44.2 Å². The zero-order valence-corrected chi connectivity index (χ0v) is 19.9. The molecule has 3 aromatic rings. The first-order chi connectivity index (χ1) is 17.5. The molecule has 9 heteroatoms. The van der Waals surface area contributed by atoms with Crippen LogP contribution < -0.4 is 4.90 Å². The highest BCUT2D eigenvalue weighted by Gasteiger charge is 2.20. The molecule has 188 valence electrons. The molecule has 36 heavy (non-hydrogen) atoms. The standard InChI is InChI=1S/C23H26N4O.C4H4O4/c1-3-8-20(9-4-1)22(21-10-5-2-6-11-21)28-19-18-26-14-16-27(17-15-26)23-24-12-7-13-25-23;5-3(6)1-2-4(7)8/h1-13,22H,14-19H2;1-2H,(H,5,6)(H,7,8)/b;2-1-. The van der Waals surface area contributed by atoms with Crippen LogP contribution in [0, 0.1) is 0 Å². The molecule has 1 aromatic heterocycles. The molecule has 1 saturated heterocycles. The van der Waals surface area contributed by atoms with Crippen LogP contribution in [-0.2, 0) is 14.3 Å². The van der Waals surface area contributed by atoms with E-state index in [4.69, 9.17) is 14.9 Å². The average molecular weight is 491 g/mol. The molecule has 1 fully saturated rings. The SMILES string of the molecule is O=C(O)/C=C\C(=O)O.c1ccc(C(OCCN2CCN(c3ncccn3)CC2)c2ccccc2)cc1. The number of carboxylic acids is 2. The lowest BCUT2D eigenvalue weighted by atomic mass is 10.0. The Labute approximate surface area is 210 Å². The van der Waals surface area contributed by atoms with Crippen LogP contribution in [0.3, 0.4) is 0 Å². The molecule has 0 bridgehead atoms. The van der Waals surface area contributed by atoms with Crippen molar-refractivity contribution >= 4 is 17.9 Å². The largest absolute Gasteiger partial charge is 0.478 e. The third-order valence-electron chi connectivity index (χ3n) is 5.47. The maximum absolute atomic E-state index is 9.55. The van der Waals surface area contributed by atoms with Crippen LogP contribution in [0.5, 0.6) is 0 Å². The molecule has 0 atom stereocenters. The van der Waals surface area contributed by atoms with E-state index < -0.39 is 11.9 Å². The van der Waals surface area contributed by atoms with E-state index in [9.17, 15) is 9.59 Å². The summed E-state index contributed by atoms with van der Waals surface area (Å²) in [6.07, 6.45) is 4.69. The summed E-state index contributed by atoms with van der Waals surface area (Å²) in [5.74, 6) is -1.69. The Hall–Kier alpha value is -4.08. The first-order valence-electron chi connectivity index (χ1n) is 11.6. The summed E-state index contributed by atoms with van der Waals surface area (Å²) in [6, 6.07) is 22.8. The number of piperazine rings is 1. The van der Waals surface area contributed by atoms with Gasteiger partial charge in [-0.2, -0.15) is 0 Å².